The summed E-state index contributed by atoms with van der Waals surface area (Å²) >= 11 is 0. The Morgan fingerprint density at radius 2 is 2.42 bits per heavy atom. The number of hydrogen-bond donors (Lipinski definition) is 0. The van der Waals surface area contributed by atoms with Gasteiger partial charge in [0, 0.05) is 51.6 Å². The van der Waals surface area contributed by atoms with Crippen LogP contribution in [0.1, 0.15) is 24.8 Å². The van der Waals surface area contributed by atoms with Gasteiger partial charge in [-0.3, -0.25) is 4.98 Å². The van der Waals surface area contributed by atoms with Gasteiger partial charge >= 0.3 is 6.03 Å². The number of fused-ring (bicyclic) bond motifs is 1. The molecule has 2 amide bonds. The lowest BCUT2D eigenvalue weighted by molar-refractivity contribution is -0.149. The largest absolute Gasteiger partial charge is 0.377 e. The van der Waals surface area contributed by atoms with E-state index in [0.717, 1.165) is 38.0 Å². The van der Waals surface area contributed by atoms with Gasteiger partial charge in [-0.05, 0) is 30.9 Å². The molecule has 2 aliphatic heterocycles. The fourth-order valence-electron chi connectivity index (χ4n) is 3.80. The fraction of sp³-hybridized carbons (Fsp3) is 0.667. The average molecular weight is 333 g/mol. The molecule has 2 saturated heterocycles. The van der Waals surface area contributed by atoms with Crippen molar-refractivity contribution in [2.24, 2.45) is 5.41 Å². The molecule has 2 fully saturated rings. The number of urea groups is 1. The van der Waals surface area contributed by atoms with Crippen LogP contribution in [-0.4, -0.2) is 67.3 Å². The molecule has 0 aliphatic carbocycles. The van der Waals surface area contributed by atoms with Gasteiger partial charge in [0.25, 0.3) is 0 Å². The van der Waals surface area contributed by atoms with Gasteiger partial charge < -0.3 is 19.3 Å². The average Bonchev–Trinajstić information content (AvgIpc) is 2.61. The highest BCUT2D eigenvalue weighted by atomic mass is 16.5. The van der Waals surface area contributed by atoms with Crippen LogP contribution in [0.15, 0.2) is 24.5 Å². The van der Waals surface area contributed by atoms with Gasteiger partial charge in [0.05, 0.1) is 19.3 Å². The zero-order valence-electron chi connectivity index (χ0n) is 14.6. The van der Waals surface area contributed by atoms with E-state index in [-0.39, 0.29) is 17.6 Å². The number of rotatable bonds is 4. The Balaban J connectivity index is 1.66. The predicted molar refractivity (Wildman–Crippen MR) is 90.6 cm³/mol. The molecule has 0 aromatic carbocycles. The molecule has 2 aliphatic rings. The van der Waals surface area contributed by atoms with E-state index < -0.39 is 0 Å². The molecular formula is C18H27N3O3. The quantitative estimate of drug-likeness (QED) is 0.847. The molecule has 0 N–H and O–H groups in total. The Hall–Kier alpha value is -1.66. The summed E-state index contributed by atoms with van der Waals surface area (Å²) in [4.78, 5) is 20.1. The van der Waals surface area contributed by atoms with Crippen LogP contribution in [-0.2, 0) is 16.1 Å². The van der Waals surface area contributed by atoms with E-state index in [9.17, 15) is 4.79 Å². The van der Waals surface area contributed by atoms with Gasteiger partial charge in [0.1, 0.15) is 0 Å². The second-order valence-electron chi connectivity index (χ2n) is 7.07. The number of carbonyl (C=O) groups excluding carboxylic acids is 1. The highest BCUT2D eigenvalue weighted by molar-refractivity contribution is 5.74. The van der Waals surface area contributed by atoms with E-state index in [4.69, 9.17) is 9.47 Å². The standard InChI is InChI=1S/C18H27N3O3/c1-20(2)17(22)21-9-6-16-18(13-21,7-4-10-24-16)14-23-12-15-5-3-8-19-11-15/h3,5,8,11,16H,4,6-7,9-10,12-14H2,1-2H3/t16-,18-/m0/s1. The fourth-order valence-corrected chi connectivity index (χ4v) is 3.80. The number of likely N-dealkylation sites (tertiary alicyclic amines) is 1. The number of piperidine rings is 1. The second kappa shape index (κ2) is 7.49. The zero-order valence-corrected chi connectivity index (χ0v) is 14.6. The molecule has 6 nitrogen and oxygen atoms in total. The second-order valence-corrected chi connectivity index (χ2v) is 7.07. The SMILES string of the molecule is CN(C)C(=O)N1CC[C@@H]2OCCC[C@@]2(COCc2cccnc2)C1. The van der Waals surface area contributed by atoms with Crippen molar-refractivity contribution < 1.29 is 14.3 Å². The number of pyridine rings is 1. The van der Waals surface area contributed by atoms with Crippen molar-refractivity contribution in [2.75, 3.05) is 40.4 Å². The van der Waals surface area contributed by atoms with Gasteiger partial charge in [-0.15, -0.1) is 0 Å². The van der Waals surface area contributed by atoms with Gasteiger partial charge in [-0.1, -0.05) is 6.07 Å². The van der Waals surface area contributed by atoms with E-state index in [2.05, 4.69) is 4.98 Å². The van der Waals surface area contributed by atoms with Gasteiger partial charge in [-0.2, -0.15) is 0 Å². The van der Waals surface area contributed by atoms with Crippen molar-refractivity contribution in [3.63, 3.8) is 0 Å². The van der Waals surface area contributed by atoms with Crippen molar-refractivity contribution >= 4 is 6.03 Å². The summed E-state index contributed by atoms with van der Waals surface area (Å²) in [5.41, 5.74) is 0.976. The smallest absolute Gasteiger partial charge is 0.319 e. The number of aromatic nitrogens is 1. The molecule has 0 unspecified atom stereocenters. The molecule has 1 aromatic rings. The molecule has 24 heavy (non-hydrogen) atoms. The van der Waals surface area contributed by atoms with Crippen molar-refractivity contribution in [2.45, 2.75) is 32.0 Å². The summed E-state index contributed by atoms with van der Waals surface area (Å²) in [6, 6.07) is 4.01. The van der Waals surface area contributed by atoms with Crippen LogP contribution in [0.4, 0.5) is 4.79 Å². The number of hydrogen-bond acceptors (Lipinski definition) is 4. The Morgan fingerprint density at radius 1 is 1.54 bits per heavy atom. The van der Waals surface area contributed by atoms with Crippen LogP contribution in [0.5, 0.6) is 0 Å². The summed E-state index contributed by atoms with van der Waals surface area (Å²) in [6.45, 7) is 3.44. The van der Waals surface area contributed by atoms with E-state index in [1.54, 1.807) is 25.2 Å². The van der Waals surface area contributed by atoms with E-state index in [1.807, 2.05) is 23.2 Å². The Bertz CT molecular complexity index is 552. The summed E-state index contributed by atoms with van der Waals surface area (Å²) in [5, 5.41) is 0. The molecule has 0 spiro atoms. The first-order chi connectivity index (χ1) is 11.6. The molecular weight excluding hydrogens is 306 g/mol. The Labute approximate surface area is 143 Å². The number of ether oxygens (including phenoxy) is 2. The molecule has 3 heterocycles. The topological polar surface area (TPSA) is 54.9 Å². The normalized spacial score (nSPS) is 26.8. The van der Waals surface area contributed by atoms with Crippen molar-refractivity contribution in [1.82, 2.24) is 14.8 Å². The Morgan fingerprint density at radius 3 is 3.17 bits per heavy atom. The monoisotopic (exact) mass is 333 g/mol. The molecule has 0 radical (unpaired) electrons. The van der Waals surface area contributed by atoms with Crippen LogP contribution < -0.4 is 0 Å². The first-order valence-corrected chi connectivity index (χ1v) is 8.65. The molecule has 2 atom stereocenters. The lowest BCUT2D eigenvalue weighted by Crippen LogP contribution is -2.59. The third-order valence-electron chi connectivity index (χ3n) is 5.02. The molecule has 6 heteroatoms. The van der Waals surface area contributed by atoms with Crippen LogP contribution in [0.3, 0.4) is 0 Å². The van der Waals surface area contributed by atoms with Crippen LogP contribution in [0.25, 0.3) is 0 Å². The summed E-state index contributed by atoms with van der Waals surface area (Å²) in [7, 11) is 3.61. The lowest BCUT2D eigenvalue weighted by Gasteiger charge is -2.50. The number of amides is 2. The molecule has 0 saturated carbocycles. The van der Waals surface area contributed by atoms with Crippen LogP contribution in [0.2, 0.25) is 0 Å². The molecule has 3 rings (SSSR count). The van der Waals surface area contributed by atoms with Gasteiger partial charge in [-0.25, -0.2) is 4.79 Å². The Kier molecular flexibility index (Phi) is 5.36. The van der Waals surface area contributed by atoms with Crippen LogP contribution >= 0.6 is 0 Å². The van der Waals surface area contributed by atoms with Crippen molar-refractivity contribution in [3.05, 3.63) is 30.1 Å². The highest BCUT2D eigenvalue weighted by Crippen LogP contribution is 2.40. The number of nitrogens with zero attached hydrogens (tertiary/aromatic N) is 3. The van der Waals surface area contributed by atoms with E-state index in [0.29, 0.717) is 19.8 Å². The van der Waals surface area contributed by atoms with Crippen molar-refractivity contribution in [1.29, 1.82) is 0 Å². The van der Waals surface area contributed by atoms with Gasteiger partial charge in [0.2, 0.25) is 0 Å². The summed E-state index contributed by atoms with van der Waals surface area (Å²) in [6.07, 6.45) is 6.73. The predicted octanol–water partition coefficient (Wildman–Crippen LogP) is 2.15. The molecule has 1 aromatic heterocycles. The summed E-state index contributed by atoms with van der Waals surface area (Å²) in [5.74, 6) is 0. The third kappa shape index (κ3) is 3.70. The van der Waals surface area contributed by atoms with Crippen molar-refractivity contribution in [3.8, 4) is 0 Å². The minimum Gasteiger partial charge on any atom is -0.377 e. The highest BCUT2D eigenvalue weighted by Gasteiger charge is 2.47. The first kappa shape index (κ1) is 17.2. The van der Waals surface area contributed by atoms with E-state index >= 15 is 0 Å². The first-order valence-electron chi connectivity index (χ1n) is 8.65. The van der Waals surface area contributed by atoms with Gasteiger partial charge in [0.15, 0.2) is 0 Å². The molecule has 132 valence electrons. The zero-order chi connectivity index (χ0) is 17.0. The summed E-state index contributed by atoms with van der Waals surface area (Å²) < 4.78 is 12.1. The minimum atomic E-state index is -0.0929. The number of carbonyl (C=O) groups is 1. The molecule has 0 bridgehead atoms. The third-order valence-corrected chi connectivity index (χ3v) is 5.02. The van der Waals surface area contributed by atoms with Crippen LogP contribution in [0, 0.1) is 5.41 Å². The maximum Gasteiger partial charge on any atom is 0.319 e. The maximum atomic E-state index is 12.4. The lowest BCUT2D eigenvalue weighted by atomic mass is 9.73. The van der Waals surface area contributed by atoms with E-state index in [1.165, 1.54) is 0 Å². The maximum absolute atomic E-state index is 12.4. The minimum absolute atomic E-state index is 0.0747.